The van der Waals surface area contributed by atoms with Gasteiger partial charge in [0.1, 0.15) is 5.82 Å². The van der Waals surface area contributed by atoms with Crippen LogP contribution in [0.15, 0.2) is 18.2 Å². The highest BCUT2D eigenvalue weighted by molar-refractivity contribution is 5.94. The number of piperazine rings is 1. The van der Waals surface area contributed by atoms with Gasteiger partial charge in [0.15, 0.2) is 0 Å². The topological polar surface area (TPSA) is 32.3 Å². The van der Waals surface area contributed by atoms with E-state index in [0.29, 0.717) is 36.3 Å². The quantitative estimate of drug-likeness (QED) is 0.826. The first-order chi connectivity index (χ1) is 8.47. The molecule has 0 radical (unpaired) electrons. The van der Waals surface area contributed by atoms with Crippen molar-refractivity contribution >= 4 is 5.91 Å². The van der Waals surface area contributed by atoms with Crippen LogP contribution in [0.3, 0.4) is 0 Å². The summed E-state index contributed by atoms with van der Waals surface area (Å²) in [6.45, 7) is 7.19. The van der Waals surface area contributed by atoms with Gasteiger partial charge >= 0.3 is 0 Å². The van der Waals surface area contributed by atoms with Crippen molar-refractivity contribution in [3.8, 4) is 0 Å². The first-order valence-electron chi connectivity index (χ1n) is 6.29. The van der Waals surface area contributed by atoms with Gasteiger partial charge in [-0.05, 0) is 44.5 Å². The molecular formula is C14H19FN2O. The predicted molar refractivity (Wildman–Crippen MR) is 69.1 cm³/mol. The van der Waals surface area contributed by atoms with Crippen LogP contribution in [0.1, 0.15) is 29.8 Å². The van der Waals surface area contributed by atoms with Gasteiger partial charge in [-0.15, -0.1) is 0 Å². The maximum absolute atomic E-state index is 13.2. The van der Waals surface area contributed by atoms with Crippen molar-refractivity contribution in [2.75, 3.05) is 13.1 Å². The normalized spacial score (nSPS) is 24.1. The second kappa shape index (κ2) is 5.06. The molecule has 0 saturated carbocycles. The van der Waals surface area contributed by atoms with E-state index >= 15 is 0 Å². The minimum atomic E-state index is -0.270. The number of benzene rings is 1. The third kappa shape index (κ3) is 2.70. The summed E-state index contributed by atoms with van der Waals surface area (Å²) in [5.74, 6) is -0.285. The molecule has 2 atom stereocenters. The molecule has 1 aliphatic rings. The molecule has 0 aromatic heterocycles. The number of nitrogens with one attached hydrogen (secondary N) is 1. The van der Waals surface area contributed by atoms with Crippen molar-refractivity contribution in [2.24, 2.45) is 0 Å². The predicted octanol–water partition coefficient (Wildman–Crippen LogP) is 1.96. The fourth-order valence-electron chi connectivity index (χ4n) is 2.45. The highest BCUT2D eigenvalue weighted by atomic mass is 19.1. The van der Waals surface area contributed by atoms with E-state index in [2.05, 4.69) is 19.2 Å². The third-order valence-electron chi connectivity index (χ3n) is 3.25. The monoisotopic (exact) mass is 250 g/mol. The summed E-state index contributed by atoms with van der Waals surface area (Å²) in [4.78, 5) is 14.2. The van der Waals surface area contributed by atoms with E-state index in [-0.39, 0.29) is 11.7 Å². The SMILES string of the molecule is Cc1cc(C(=O)N2C[C@@H](C)N[C@H](C)C2)ccc1F. The molecule has 18 heavy (non-hydrogen) atoms. The number of hydrogen-bond donors (Lipinski definition) is 1. The van der Waals surface area contributed by atoms with Crippen LogP contribution in [0, 0.1) is 12.7 Å². The molecular weight excluding hydrogens is 231 g/mol. The van der Waals surface area contributed by atoms with Gasteiger partial charge in [-0.25, -0.2) is 4.39 Å². The van der Waals surface area contributed by atoms with Gasteiger partial charge < -0.3 is 10.2 Å². The summed E-state index contributed by atoms with van der Waals surface area (Å²) in [6, 6.07) is 5.12. The minimum Gasteiger partial charge on any atom is -0.336 e. The van der Waals surface area contributed by atoms with E-state index in [4.69, 9.17) is 0 Å². The van der Waals surface area contributed by atoms with E-state index in [9.17, 15) is 9.18 Å². The number of nitrogens with zero attached hydrogens (tertiary/aromatic N) is 1. The van der Waals surface area contributed by atoms with Crippen molar-refractivity contribution in [2.45, 2.75) is 32.9 Å². The summed E-state index contributed by atoms with van der Waals surface area (Å²) >= 11 is 0. The van der Waals surface area contributed by atoms with Crippen LogP contribution >= 0.6 is 0 Å². The Morgan fingerprint density at radius 3 is 2.50 bits per heavy atom. The molecule has 1 saturated heterocycles. The molecule has 1 aromatic rings. The van der Waals surface area contributed by atoms with Gasteiger partial charge in [0.25, 0.3) is 5.91 Å². The molecule has 0 aliphatic carbocycles. The lowest BCUT2D eigenvalue weighted by Gasteiger charge is -2.36. The van der Waals surface area contributed by atoms with Crippen molar-refractivity contribution in [3.05, 3.63) is 35.1 Å². The number of rotatable bonds is 1. The number of amides is 1. The number of halogens is 1. The number of hydrogen-bond acceptors (Lipinski definition) is 2. The Bertz CT molecular complexity index is 451. The van der Waals surface area contributed by atoms with E-state index < -0.39 is 0 Å². The zero-order valence-corrected chi connectivity index (χ0v) is 11.0. The van der Waals surface area contributed by atoms with Crippen molar-refractivity contribution in [1.82, 2.24) is 10.2 Å². The molecule has 1 heterocycles. The Labute approximate surface area is 107 Å². The summed E-state index contributed by atoms with van der Waals surface area (Å²) in [5, 5.41) is 3.38. The highest BCUT2D eigenvalue weighted by Crippen LogP contribution is 2.14. The lowest BCUT2D eigenvalue weighted by Crippen LogP contribution is -2.55. The van der Waals surface area contributed by atoms with E-state index in [1.807, 2.05) is 4.90 Å². The standard InChI is InChI=1S/C14H19FN2O/c1-9-6-12(4-5-13(9)15)14(18)17-7-10(2)16-11(3)8-17/h4-6,10-11,16H,7-8H2,1-3H3/t10-,11-/m1/s1. The molecule has 2 rings (SSSR count). The fourth-order valence-corrected chi connectivity index (χ4v) is 2.45. The largest absolute Gasteiger partial charge is 0.336 e. The van der Waals surface area contributed by atoms with Crippen molar-refractivity contribution in [1.29, 1.82) is 0 Å². The molecule has 1 N–H and O–H groups in total. The van der Waals surface area contributed by atoms with Crippen LogP contribution in [-0.4, -0.2) is 36.0 Å². The molecule has 1 fully saturated rings. The van der Waals surface area contributed by atoms with E-state index in [1.165, 1.54) is 6.07 Å². The number of carbonyl (C=O) groups is 1. The zero-order valence-electron chi connectivity index (χ0n) is 11.0. The molecule has 1 aromatic carbocycles. The van der Waals surface area contributed by atoms with Gasteiger partial charge in [-0.1, -0.05) is 0 Å². The Morgan fingerprint density at radius 2 is 1.94 bits per heavy atom. The first-order valence-corrected chi connectivity index (χ1v) is 6.29. The Kier molecular flexibility index (Phi) is 3.66. The smallest absolute Gasteiger partial charge is 0.253 e. The molecule has 0 unspecified atom stereocenters. The van der Waals surface area contributed by atoms with Gasteiger partial charge in [0.2, 0.25) is 0 Å². The molecule has 0 bridgehead atoms. The molecule has 1 aliphatic heterocycles. The van der Waals surface area contributed by atoms with Crippen LogP contribution in [0.5, 0.6) is 0 Å². The van der Waals surface area contributed by atoms with Crippen LogP contribution in [0.2, 0.25) is 0 Å². The maximum Gasteiger partial charge on any atom is 0.253 e. The van der Waals surface area contributed by atoms with Gasteiger partial charge in [0, 0.05) is 30.7 Å². The Morgan fingerprint density at radius 1 is 1.33 bits per heavy atom. The van der Waals surface area contributed by atoms with Gasteiger partial charge in [-0.3, -0.25) is 4.79 Å². The Hall–Kier alpha value is -1.42. The Balaban J connectivity index is 2.17. The van der Waals surface area contributed by atoms with Crippen LogP contribution in [-0.2, 0) is 0 Å². The van der Waals surface area contributed by atoms with E-state index in [1.54, 1.807) is 19.1 Å². The van der Waals surface area contributed by atoms with Gasteiger partial charge in [0.05, 0.1) is 0 Å². The van der Waals surface area contributed by atoms with Crippen molar-refractivity contribution in [3.63, 3.8) is 0 Å². The lowest BCUT2D eigenvalue weighted by atomic mass is 10.1. The highest BCUT2D eigenvalue weighted by Gasteiger charge is 2.25. The number of aryl methyl sites for hydroxylation is 1. The van der Waals surface area contributed by atoms with Crippen LogP contribution < -0.4 is 5.32 Å². The van der Waals surface area contributed by atoms with Gasteiger partial charge in [-0.2, -0.15) is 0 Å². The number of carbonyl (C=O) groups excluding carboxylic acids is 1. The average Bonchev–Trinajstić information content (AvgIpc) is 2.30. The fraction of sp³-hybridized carbons (Fsp3) is 0.500. The minimum absolute atomic E-state index is 0.0155. The molecule has 3 nitrogen and oxygen atoms in total. The maximum atomic E-state index is 13.2. The summed E-state index contributed by atoms with van der Waals surface area (Å²) < 4.78 is 13.2. The first kappa shape index (κ1) is 13.0. The van der Waals surface area contributed by atoms with Crippen molar-refractivity contribution < 1.29 is 9.18 Å². The van der Waals surface area contributed by atoms with E-state index in [0.717, 1.165) is 0 Å². The second-order valence-electron chi connectivity index (χ2n) is 5.14. The molecule has 0 spiro atoms. The summed E-state index contributed by atoms with van der Waals surface area (Å²) in [6.07, 6.45) is 0. The summed E-state index contributed by atoms with van der Waals surface area (Å²) in [7, 11) is 0. The van der Waals surface area contributed by atoms with Crippen LogP contribution in [0.25, 0.3) is 0 Å². The molecule has 1 amide bonds. The van der Waals surface area contributed by atoms with Crippen LogP contribution in [0.4, 0.5) is 4.39 Å². The summed E-state index contributed by atoms with van der Waals surface area (Å²) in [5.41, 5.74) is 1.08. The lowest BCUT2D eigenvalue weighted by molar-refractivity contribution is 0.0673. The molecule has 98 valence electrons. The third-order valence-corrected chi connectivity index (χ3v) is 3.25. The second-order valence-corrected chi connectivity index (χ2v) is 5.14. The molecule has 4 heteroatoms. The zero-order chi connectivity index (χ0) is 13.3. The average molecular weight is 250 g/mol.